The van der Waals surface area contributed by atoms with Crippen LogP contribution < -0.4 is 10.6 Å². The van der Waals surface area contributed by atoms with Crippen LogP contribution in [0.4, 0.5) is 0 Å². The van der Waals surface area contributed by atoms with Crippen LogP contribution in [0.1, 0.15) is 45.4 Å². The molecule has 1 saturated heterocycles. The topological polar surface area (TPSA) is 41.1 Å². The van der Waals surface area contributed by atoms with Crippen LogP contribution in [-0.4, -0.2) is 36.0 Å². The van der Waals surface area contributed by atoms with Crippen LogP contribution in [0.15, 0.2) is 0 Å². The Kier molecular flexibility index (Phi) is 4.96. The number of piperidine rings is 1. The predicted octanol–water partition coefficient (Wildman–Crippen LogP) is 2.17. The third-order valence-corrected chi connectivity index (χ3v) is 6.00. The minimum atomic E-state index is 0.0269. The third kappa shape index (κ3) is 3.21. The van der Waals surface area contributed by atoms with E-state index >= 15 is 0 Å². The average molecular weight is 270 g/mol. The Hall–Kier alpha value is -0.220. The van der Waals surface area contributed by atoms with Crippen molar-refractivity contribution < 1.29 is 4.79 Å². The summed E-state index contributed by atoms with van der Waals surface area (Å²) in [6.45, 7) is 4.00. The van der Waals surface area contributed by atoms with Crippen molar-refractivity contribution in [3.8, 4) is 0 Å². The molecule has 0 radical (unpaired) electrons. The second-order valence-corrected chi connectivity index (χ2v) is 7.14. The van der Waals surface area contributed by atoms with E-state index in [1.165, 1.54) is 38.5 Å². The maximum atomic E-state index is 12.2. The van der Waals surface area contributed by atoms with Crippen LogP contribution in [-0.2, 0) is 4.79 Å². The van der Waals surface area contributed by atoms with Gasteiger partial charge in [-0.05, 0) is 44.4 Å². The Labute approximate surface area is 115 Å². The largest absolute Gasteiger partial charge is 0.353 e. The molecule has 1 aliphatic carbocycles. The molecule has 2 aliphatic rings. The number of hydrogen-bond acceptors (Lipinski definition) is 3. The van der Waals surface area contributed by atoms with Crippen molar-refractivity contribution in [2.45, 2.75) is 56.2 Å². The van der Waals surface area contributed by atoms with Gasteiger partial charge in [0.2, 0.25) is 5.91 Å². The lowest BCUT2D eigenvalue weighted by Gasteiger charge is -2.32. The van der Waals surface area contributed by atoms with Gasteiger partial charge in [-0.15, -0.1) is 0 Å². The summed E-state index contributed by atoms with van der Waals surface area (Å²) in [4.78, 5) is 12.2. The van der Waals surface area contributed by atoms with Crippen LogP contribution in [0.5, 0.6) is 0 Å². The van der Waals surface area contributed by atoms with Gasteiger partial charge in [0.05, 0.1) is 6.04 Å². The minimum absolute atomic E-state index is 0.0269. The molecule has 104 valence electrons. The zero-order valence-corrected chi connectivity index (χ0v) is 12.4. The molecule has 1 saturated carbocycles. The molecular formula is C14H26N2OS. The van der Waals surface area contributed by atoms with Crippen molar-refractivity contribution in [2.24, 2.45) is 5.92 Å². The summed E-state index contributed by atoms with van der Waals surface area (Å²) >= 11 is 1.93. The monoisotopic (exact) mass is 270 g/mol. The van der Waals surface area contributed by atoms with Gasteiger partial charge in [-0.25, -0.2) is 0 Å². The highest BCUT2D eigenvalue weighted by Gasteiger charge is 2.35. The summed E-state index contributed by atoms with van der Waals surface area (Å²) < 4.78 is 0.313. The van der Waals surface area contributed by atoms with Gasteiger partial charge in [-0.3, -0.25) is 4.79 Å². The Bertz CT molecular complexity index is 290. The third-order valence-electron chi connectivity index (χ3n) is 4.58. The lowest BCUT2D eigenvalue weighted by Crippen LogP contribution is -2.53. The molecule has 1 heterocycles. The smallest absolute Gasteiger partial charge is 0.237 e. The quantitative estimate of drug-likeness (QED) is 0.822. The first-order chi connectivity index (χ1) is 8.67. The van der Waals surface area contributed by atoms with Crippen molar-refractivity contribution in [3.05, 3.63) is 0 Å². The normalized spacial score (nSPS) is 31.2. The highest BCUT2D eigenvalue weighted by molar-refractivity contribution is 8.00. The molecule has 2 N–H and O–H groups in total. The summed E-state index contributed by atoms with van der Waals surface area (Å²) in [5, 5.41) is 6.55. The van der Waals surface area contributed by atoms with Gasteiger partial charge in [0.1, 0.15) is 0 Å². The molecule has 0 aromatic heterocycles. The summed E-state index contributed by atoms with van der Waals surface area (Å²) in [7, 11) is 0. The average Bonchev–Trinajstić information content (AvgIpc) is 2.86. The molecular weight excluding hydrogens is 244 g/mol. The van der Waals surface area contributed by atoms with Crippen LogP contribution in [0.2, 0.25) is 0 Å². The highest BCUT2D eigenvalue weighted by Crippen LogP contribution is 2.39. The second-order valence-electron chi connectivity index (χ2n) is 5.86. The van der Waals surface area contributed by atoms with Crippen molar-refractivity contribution in [1.82, 2.24) is 10.6 Å². The number of hydrogen-bond donors (Lipinski definition) is 2. The molecule has 0 aromatic rings. The standard InChI is InChI=1S/C14H26N2OS/c1-11-6-5-9-15-12(11)13(17)16-10-14(18-2)7-3-4-8-14/h11-12,15H,3-10H2,1-2H3,(H,16,17). The fourth-order valence-electron chi connectivity index (χ4n) is 3.23. The van der Waals surface area contributed by atoms with Crippen molar-refractivity contribution in [3.63, 3.8) is 0 Å². The van der Waals surface area contributed by atoms with Gasteiger partial charge < -0.3 is 10.6 Å². The summed E-state index contributed by atoms with van der Waals surface area (Å²) in [5.41, 5.74) is 0. The zero-order chi connectivity index (χ0) is 13.0. The van der Waals surface area contributed by atoms with Crippen LogP contribution in [0.25, 0.3) is 0 Å². The molecule has 18 heavy (non-hydrogen) atoms. The van der Waals surface area contributed by atoms with E-state index in [0.29, 0.717) is 10.7 Å². The second kappa shape index (κ2) is 6.29. The molecule has 4 heteroatoms. The fourth-order valence-corrected chi connectivity index (χ4v) is 4.14. The molecule has 3 nitrogen and oxygen atoms in total. The van der Waals surface area contributed by atoms with E-state index in [1.54, 1.807) is 0 Å². The van der Waals surface area contributed by atoms with Gasteiger partial charge in [-0.2, -0.15) is 11.8 Å². The number of nitrogens with one attached hydrogen (secondary N) is 2. The zero-order valence-electron chi connectivity index (χ0n) is 11.6. The first-order valence-corrected chi connectivity index (χ1v) is 8.46. The Morgan fingerprint density at radius 1 is 1.39 bits per heavy atom. The molecule has 2 fully saturated rings. The SMILES string of the molecule is CSC1(CNC(=O)C2NCCCC2C)CCCC1. The van der Waals surface area contributed by atoms with E-state index in [0.717, 1.165) is 13.1 Å². The predicted molar refractivity (Wildman–Crippen MR) is 77.9 cm³/mol. The number of amides is 1. The Morgan fingerprint density at radius 3 is 2.72 bits per heavy atom. The van der Waals surface area contributed by atoms with Crippen LogP contribution in [0, 0.1) is 5.92 Å². The number of thioether (sulfide) groups is 1. The van der Waals surface area contributed by atoms with E-state index in [-0.39, 0.29) is 11.9 Å². The van der Waals surface area contributed by atoms with Crippen molar-refractivity contribution in [2.75, 3.05) is 19.3 Å². The maximum Gasteiger partial charge on any atom is 0.237 e. The maximum absolute atomic E-state index is 12.2. The van der Waals surface area contributed by atoms with Crippen LogP contribution >= 0.6 is 11.8 Å². The molecule has 0 bridgehead atoms. The van der Waals surface area contributed by atoms with Gasteiger partial charge in [0.25, 0.3) is 0 Å². The molecule has 0 spiro atoms. The van der Waals surface area contributed by atoms with E-state index in [4.69, 9.17) is 0 Å². The van der Waals surface area contributed by atoms with Gasteiger partial charge >= 0.3 is 0 Å². The lowest BCUT2D eigenvalue weighted by molar-refractivity contribution is -0.124. The van der Waals surface area contributed by atoms with Gasteiger partial charge in [0, 0.05) is 11.3 Å². The van der Waals surface area contributed by atoms with Crippen molar-refractivity contribution in [1.29, 1.82) is 0 Å². The number of carbonyl (C=O) groups is 1. The molecule has 2 atom stereocenters. The number of carbonyl (C=O) groups excluding carboxylic acids is 1. The first-order valence-electron chi connectivity index (χ1n) is 7.23. The summed E-state index contributed by atoms with van der Waals surface area (Å²) in [6, 6.07) is 0.0269. The van der Waals surface area contributed by atoms with Crippen molar-refractivity contribution >= 4 is 17.7 Å². The molecule has 2 rings (SSSR count). The van der Waals surface area contributed by atoms with E-state index in [2.05, 4.69) is 23.8 Å². The summed E-state index contributed by atoms with van der Waals surface area (Å²) in [5.74, 6) is 0.676. The molecule has 2 unspecified atom stereocenters. The Morgan fingerprint density at radius 2 is 2.11 bits per heavy atom. The van der Waals surface area contributed by atoms with E-state index < -0.39 is 0 Å². The van der Waals surface area contributed by atoms with E-state index in [1.807, 2.05) is 11.8 Å². The van der Waals surface area contributed by atoms with Crippen LogP contribution in [0.3, 0.4) is 0 Å². The first kappa shape index (κ1) is 14.2. The number of rotatable bonds is 4. The lowest BCUT2D eigenvalue weighted by atomic mass is 9.92. The molecule has 1 amide bonds. The Balaban J connectivity index is 1.83. The highest BCUT2D eigenvalue weighted by atomic mass is 32.2. The fraction of sp³-hybridized carbons (Fsp3) is 0.929. The minimum Gasteiger partial charge on any atom is -0.353 e. The summed E-state index contributed by atoms with van der Waals surface area (Å²) in [6.07, 6.45) is 9.67. The van der Waals surface area contributed by atoms with Gasteiger partial charge in [-0.1, -0.05) is 19.8 Å². The van der Waals surface area contributed by atoms with E-state index in [9.17, 15) is 4.79 Å². The molecule has 0 aromatic carbocycles. The molecule has 1 aliphatic heterocycles. The van der Waals surface area contributed by atoms with Gasteiger partial charge in [0.15, 0.2) is 0 Å².